The summed E-state index contributed by atoms with van der Waals surface area (Å²) in [6.07, 6.45) is 4.18. The number of hydrogen-bond donors (Lipinski definition) is 1. The number of fused-ring (bicyclic) bond motifs is 1. The van der Waals surface area contributed by atoms with Crippen LogP contribution in [-0.2, 0) is 19.1 Å². The first kappa shape index (κ1) is 28.1. The van der Waals surface area contributed by atoms with Gasteiger partial charge in [-0.15, -0.1) is 13.2 Å². The predicted molar refractivity (Wildman–Crippen MR) is 154 cm³/mol. The van der Waals surface area contributed by atoms with E-state index in [1.54, 1.807) is 41.3 Å². The van der Waals surface area contributed by atoms with Crippen LogP contribution in [0.15, 0.2) is 79.9 Å². The van der Waals surface area contributed by atoms with E-state index in [4.69, 9.17) is 16.3 Å². The van der Waals surface area contributed by atoms with Gasteiger partial charge in [-0.2, -0.15) is 0 Å². The molecule has 2 aromatic carbocycles. The van der Waals surface area contributed by atoms with Crippen molar-refractivity contribution in [2.45, 2.75) is 37.0 Å². The molecule has 3 amide bonds. The van der Waals surface area contributed by atoms with Gasteiger partial charge in [0.05, 0.1) is 34.8 Å². The Morgan fingerprint density at radius 1 is 1.05 bits per heavy atom. The van der Waals surface area contributed by atoms with E-state index < -0.39 is 29.1 Å². The molecule has 2 unspecified atom stereocenters. The van der Waals surface area contributed by atoms with Crippen LogP contribution in [0, 0.1) is 11.8 Å². The van der Waals surface area contributed by atoms with Crippen molar-refractivity contribution >= 4 is 40.7 Å². The molecule has 3 aliphatic heterocycles. The number of aliphatic hydroxyl groups is 1. The molecule has 40 heavy (non-hydrogen) atoms. The zero-order chi connectivity index (χ0) is 28.7. The summed E-state index contributed by atoms with van der Waals surface area (Å²) in [6.45, 7) is 9.51. The minimum atomic E-state index is -1.23. The van der Waals surface area contributed by atoms with E-state index in [2.05, 4.69) is 13.2 Å². The maximum Gasteiger partial charge on any atom is 0.253 e. The number of aliphatic hydroxyl groups excluding tert-OH is 1. The number of benzene rings is 2. The number of rotatable bonds is 10. The molecule has 210 valence electrons. The van der Waals surface area contributed by atoms with Crippen LogP contribution in [0.2, 0.25) is 5.02 Å². The van der Waals surface area contributed by atoms with Crippen LogP contribution in [-0.4, -0.2) is 71.2 Å². The summed E-state index contributed by atoms with van der Waals surface area (Å²) in [5.74, 6) is -2.70. The molecular weight excluding hydrogens is 530 g/mol. The monoisotopic (exact) mass is 563 g/mol. The van der Waals surface area contributed by atoms with Gasteiger partial charge in [0, 0.05) is 25.3 Å². The lowest BCUT2D eigenvalue weighted by Crippen LogP contribution is -2.57. The third-order valence-electron chi connectivity index (χ3n) is 8.48. The Balaban J connectivity index is 1.59. The molecule has 3 fully saturated rings. The van der Waals surface area contributed by atoms with Crippen LogP contribution in [0.25, 0.3) is 0 Å². The summed E-state index contributed by atoms with van der Waals surface area (Å²) in [6, 6.07) is 15.2. The van der Waals surface area contributed by atoms with Crippen LogP contribution in [0.3, 0.4) is 0 Å². The number of hydrogen-bond acceptors (Lipinski definition) is 5. The molecule has 3 heterocycles. The minimum Gasteiger partial charge on any atom is -0.395 e. The summed E-state index contributed by atoms with van der Waals surface area (Å²) >= 11 is 6.49. The highest BCUT2D eigenvalue weighted by molar-refractivity contribution is 6.34. The second-order valence-corrected chi connectivity index (χ2v) is 11.2. The maximum absolute atomic E-state index is 14.4. The SMILES string of the molecule is C=CCN(C(=O)[C@@H]1[C@H]2C(=O)N(CCO)C(C(=O)N(CC=C)c3ccccc3Cl)C23CC[C@@]1(C)O3)c1ccccc1. The Bertz CT molecular complexity index is 1340. The third kappa shape index (κ3) is 4.26. The summed E-state index contributed by atoms with van der Waals surface area (Å²) in [5, 5.41) is 10.3. The summed E-state index contributed by atoms with van der Waals surface area (Å²) in [5.41, 5.74) is -0.995. The minimum absolute atomic E-state index is 0.0615. The first-order valence-electron chi connectivity index (χ1n) is 13.5. The topological polar surface area (TPSA) is 90.4 Å². The normalized spacial score (nSPS) is 28.3. The quantitative estimate of drug-likeness (QED) is 0.444. The van der Waals surface area contributed by atoms with E-state index in [0.29, 0.717) is 29.2 Å². The van der Waals surface area contributed by atoms with Crippen molar-refractivity contribution in [3.63, 3.8) is 0 Å². The Morgan fingerprint density at radius 2 is 1.70 bits per heavy atom. The lowest BCUT2D eigenvalue weighted by atomic mass is 9.66. The number of ether oxygens (including phenoxy) is 1. The third-order valence-corrected chi connectivity index (χ3v) is 8.80. The van der Waals surface area contributed by atoms with Gasteiger partial charge in [-0.1, -0.05) is 54.1 Å². The average molecular weight is 564 g/mol. The summed E-state index contributed by atoms with van der Waals surface area (Å²) in [4.78, 5) is 47.4. The van der Waals surface area contributed by atoms with E-state index >= 15 is 0 Å². The van der Waals surface area contributed by atoms with E-state index in [9.17, 15) is 19.5 Å². The van der Waals surface area contributed by atoms with Gasteiger partial charge in [-0.05, 0) is 44.0 Å². The second-order valence-electron chi connectivity index (χ2n) is 10.7. The van der Waals surface area contributed by atoms with Crippen LogP contribution in [0.4, 0.5) is 11.4 Å². The van der Waals surface area contributed by atoms with Crippen molar-refractivity contribution in [1.29, 1.82) is 0 Å². The highest BCUT2D eigenvalue weighted by Gasteiger charge is 2.78. The Hall–Kier alpha value is -3.46. The van der Waals surface area contributed by atoms with Crippen LogP contribution in [0.5, 0.6) is 0 Å². The molecule has 8 nitrogen and oxygen atoms in total. The second kappa shape index (κ2) is 10.8. The zero-order valence-electron chi connectivity index (χ0n) is 22.5. The van der Waals surface area contributed by atoms with Crippen LogP contribution < -0.4 is 9.80 Å². The molecule has 2 aromatic rings. The number of likely N-dealkylation sites (tertiary alicyclic amines) is 1. The first-order valence-corrected chi connectivity index (χ1v) is 13.9. The predicted octanol–water partition coefficient (Wildman–Crippen LogP) is 3.84. The number of β-amino-alcohol motifs (C(OH)–C–C–N with tert-alkyl or cyclic N) is 1. The largest absolute Gasteiger partial charge is 0.395 e. The van der Waals surface area contributed by atoms with Gasteiger partial charge < -0.3 is 24.5 Å². The molecule has 1 spiro atoms. The van der Waals surface area contributed by atoms with Gasteiger partial charge in [0.25, 0.3) is 5.91 Å². The van der Waals surface area contributed by atoms with E-state index in [1.807, 2.05) is 37.3 Å². The zero-order valence-corrected chi connectivity index (χ0v) is 23.3. The molecule has 0 saturated carbocycles. The molecule has 2 bridgehead atoms. The van der Waals surface area contributed by atoms with Gasteiger partial charge in [-0.3, -0.25) is 14.4 Å². The van der Waals surface area contributed by atoms with Crippen molar-refractivity contribution in [2.75, 3.05) is 36.0 Å². The average Bonchev–Trinajstić information content (AvgIpc) is 3.51. The Kier molecular flexibility index (Phi) is 7.61. The fourth-order valence-corrected chi connectivity index (χ4v) is 7.15. The molecule has 1 N–H and O–H groups in total. The molecule has 5 rings (SSSR count). The van der Waals surface area contributed by atoms with Gasteiger partial charge in [-0.25, -0.2) is 0 Å². The van der Waals surface area contributed by atoms with Crippen LogP contribution >= 0.6 is 11.6 Å². The molecular formula is C31H34ClN3O5. The number of amides is 3. The smallest absolute Gasteiger partial charge is 0.253 e. The number of nitrogens with zero attached hydrogens (tertiary/aromatic N) is 3. The molecule has 0 aliphatic carbocycles. The number of para-hydroxylation sites is 2. The summed E-state index contributed by atoms with van der Waals surface area (Å²) < 4.78 is 6.72. The fraction of sp³-hybridized carbons (Fsp3) is 0.387. The number of carbonyl (C=O) groups is 3. The van der Waals surface area contributed by atoms with Crippen molar-refractivity contribution in [1.82, 2.24) is 4.90 Å². The number of halogens is 1. The van der Waals surface area contributed by atoms with E-state index in [0.717, 1.165) is 0 Å². The molecule has 0 radical (unpaired) electrons. The molecule has 0 aromatic heterocycles. The molecule has 5 atom stereocenters. The lowest BCUT2D eigenvalue weighted by Gasteiger charge is -2.37. The van der Waals surface area contributed by atoms with E-state index in [-0.39, 0.29) is 44.0 Å². The van der Waals surface area contributed by atoms with Gasteiger partial charge in [0.15, 0.2) is 0 Å². The number of carbonyl (C=O) groups excluding carboxylic acids is 3. The van der Waals surface area contributed by atoms with Crippen LogP contribution in [0.1, 0.15) is 19.8 Å². The molecule has 9 heteroatoms. The fourth-order valence-electron chi connectivity index (χ4n) is 6.91. The maximum atomic E-state index is 14.4. The van der Waals surface area contributed by atoms with Gasteiger partial charge in [0.1, 0.15) is 11.6 Å². The van der Waals surface area contributed by atoms with Crippen molar-refractivity contribution < 1.29 is 24.2 Å². The lowest BCUT2D eigenvalue weighted by molar-refractivity contribution is -0.145. The van der Waals surface area contributed by atoms with Gasteiger partial charge >= 0.3 is 0 Å². The highest BCUT2D eigenvalue weighted by atomic mass is 35.5. The van der Waals surface area contributed by atoms with Crippen molar-refractivity contribution in [3.05, 3.63) is 84.9 Å². The standard InChI is InChI=1S/C31H34ClN3O5/c1-4-17-33(21-11-7-6-8-12-21)27(37)24-25-28(38)35(19-20-36)26(31(25)16-15-30(24,3)40-31)29(39)34(18-5-2)23-14-10-9-13-22(23)32/h4-14,24-26,36H,1-2,15-20H2,3H3/t24-,25-,26?,30+,31?/m0/s1. The molecule has 3 aliphatic rings. The molecule has 3 saturated heterocycles. The number of anilines is 2. The summed E-state index contributed by atoms with van der Waals surface area (Å²) in [7, 11) is 0. The Morgan fingerprint density at radius 3 is 2.35 bits per heavy atom. The first-order chi connectivity index (χ1) is 19.2. The van der Waals surface area contributed by atoms with E-state index in [1.165, 1.54) is 9.80 Å². The highest BCUT2D eigenvalue weighted by Crippen LogP contribution is 2.63. The van der Waals surface area contributed by atoms with Crippen molar-refractivity contribution in [2.24, 2.45) is 11.8 Å². The van der Waals surface area contributed by atoms with Gasteiger partial charge in [0.2, 0.25) is 11.8 Å². The van der Waals surface area contributed by atoms with Crippen molar-refractivity contribution in [3.8, 4) is 0 Å². The Labute approximate surface area is 239 Å².